The Morgan fingerprint density at radius 2 is 1.76 bits per heavy atom. The number of rotatable bonds is 8. The van der Waals surface area contributed by atoms with E-state index in [1.807, 2.05) is 18.2 Å². The highest BCUT2D eigenvalue weighted by Crippen LogP contribution is 2.36. The van der Waals surface area contributed by atoms with E-state index < -0.39 is 28.7 Å². The van der Waals surface area contributed by atoms with Gasteiger partial charge in [-0.1, -0.05) is 54.3 Å². The van der Waals surface area contributed by atoms with Crippen LogP contribution >= 0.6 is 24.0 Å². The van der Waals surface area contributed by atoms with Crippen LogP contribution in [0.5, 0.6) is 0 Å². The van der Waals surface area contributed by atoms with E-state index in [9.17, 15) is 26.4 Å². The van der Waals surface area contributed by atoms with E-state index >= 15 is 0 Å². The molecule has 0 aliphatic carbocycles. The van der Waals surface area contributed by atoms with Crippen LogP contribution in [0, 0.1) is 0 Å². The van der Waals surface area contributed by atoms with Crippen LogP contribution in [0.1, 0.15) is 5.56 Å². The first kappa shape index (κ1) is 25.2. The number of benzene rings is 2. The molecule has 1 amide bonds. The highest BCUT2D eigenvalue weighted by molar-refractivity contribution is 8.27. The van der Waals surface area contributed by atoms with Gasteiger partial charge in [-0.25, -0.2) is 0 Å². The van der Waals surface area contributed by atoms with Gasteiger partial charge in [-0.2, -0.15) is 21.6 Å². The average molecular weight is 517 g/mol. The third-order valence-corrected chi connectivity index (χ3v) is 6.98. The number of halogens is 3. The second-order valence-electron chi connectivity index (χ2n) is 7.00. The van der Waals surface area contributed by atoms with Gasteiger partial charge in [0.25, 0.3) is 16.0 Å². The zero-order valence-corrected chi connectivity index (χ0v) is 19.7. The van der Waals surface area contributed by atoms with E-state index in [-0.39, 0.29) is 12.5 Å². The fraction of sp³-hybridized carbons (Fsp3) is 0.238. The van der Waals surface area contributed by atoms with Crippen molar-refractivity contribution < 1.29 is 30.6 Å². The standard InChI is InChI=1S/C21H19F3N2O4S3/c1-25(11-12-33(28,29)30-14-21(22,23)24)16-9-7-15(8-10-16)13-18-19(27)26(20(31)32-18)17-5-3-2-4-6-17/h2-10,13H,11-12,14H2,1H3. The number of thioether (sulfide) groups is 1. The zero-order valence-electron chi connectivity index (χ0n) is 17.3. The summed E-state index contributed by atoms with van der Waals surface area (Å²) in [7, 11) is -2.70. The van der Waals surface area contributed by atoms with Gasteiger partial charge in [0.1, 0.15) is 0 Å². The summed E-state index contributed by atoms with van der Waals surface area (Å²) in [6.45, 7) is -1.90. The Bertz CT molecular complexity index is 1150. The molecule has 12 heteroatoms. The van der Waals surface area contributed by atoms with Crippen molar-refractivity contribution in [3.63, 3.8) is 0 Å². The molecular weight excluding hydrogens is 497 g/mol. The molecule has 2 aromatic rings. The minimum Gasteiger partial charge on any atom is -0.373 e. The lowest BCUT2D eigenvalue weighted by molar-refractivity contribution is -0.152. The van der Waals surface area contributed by atoms with Crippen LogP contribution in [-0.2, 0) is 19.1 Å². The third kappa shape index (κ3) is 7.03. The summed E-state index contributed by atoms with van der Waals surface area (Å²) in [6.07, 6.45) is -3.01. The zero-order chi connectivity index (χ0) is 24.2. The molecule has 3 rings (SSSR count). The topological polar surface area (TPSA) is 66.9 Å². The summed E-state index contributed by atoms with van der Waals surface area (Å²) in [5.74, 6) is -0.815. The van der Waals surface area contributed by atoms with E-state index in [1.165, 1.54) is 16.7 Å². The Labute approximate surface area is 199 Å². The number of thiocarbonyl (C=S) groups is 1. The van der Waals surface area contributed by atoms with Crippen molar-refractivity contribution in [3.05, 3.63) is 65.1 Å². The molecule has 1 saturated heterocycles. The number of carbonyl (C=O) groups is 1. The third-order valence-electron chi connectivity index (χ3n) is 4.52. The Morgan fingerprint density at radius 1 is 1.12 bits per heavy atom. The first-order valence-corrected chi connectivity index (χ1v) is 12.3. The van der Waals surface area contributed by atoms with Crippen LogP contribution in [0.2, 0.25) is 0 Å². The smallest absolute Gasteiger partial charge is 0.373 e. The van der Waals surface area contributed by atoms with Gasteiger partial charge < -0.3 is 4.90 Å². The molecule has 1 fully saturated rings. The Morgan fingerprint density at radius 3 is 2.36 bits per heavy atom. The van der Waals surface area contributed by atoms with E-state index in [0.29, 0.717) is 20.6 Å². The molecule has 0 atom stereocenters. The predicted octanol–water partition coefficient (Wildman–Crippen LogP) is 4.44. The normalized spacial score (nSPS) is 16.0. The van der Waals surface area contributed by atoms with Crippen LogP contribution in [0.4, 0.5) is 24.5 Å². The van der Waals surface area contributed by atoms with Crippen molar-refractivity contribution in [2.24, 2.45) is 0 Å². The number of nitrogens with zero attached hydrogens (tertiary/aromatic N) is 2. The molecule has 0 saturated carbocycles. The first-order chi connectivity index (χ1) is 15.5. The van der Waals surface area contributed by atoms with Crippen molar-refractivity contribution in [3.8, 4) is 0 Å². The minimum atomic E-state index is -4.72. The molecule has 0 bridgehead atoms. The van der Waals surface area contributed by atoms with Crippen LogP contribution in [-0.4, -0.2) is 50.8 Å². The van der Waals surface area contributed by atoms with Gasteiger partial charge in [-0.3, -0.25) is 13.9 Å². The second kappa shape index (κ2) is 10.2. The Kier molecular flexibility index (Phi) is 7.83. The lowest BCUT2D eigenvalue weighted by Gasteiger charge is -2.19. The molecule has 0 unspecified atom stereocenters. The first-order valence-electron chi connectivity index (χ1n) is 9.53. The number of anilines is 2. The second-order valence-corrected chi connectivity index (χ2v) is 10.4. The van der Waals surface area contributed by atoms with E-state index in [4.69, 9.17) is 12.2 Å². The molecule has 2 aromatic carbocycles. The quantitative estimate of drug-likeness (QED) is 0.292. The Balaban J connectivity index is 1.62. The van der Waals surface area contributed by atoms with Crippen LogP contribution in [0.15, 0.2) is 59.5 Å². The number of hydrogen-bond donors (Lipinski definition) is 0. The van der Waals surface area contributed by atoms with Gasteiger partial charge in [0.15, 0.2) is 10.9 Å². The molecule has 6 nitrogen and oxygen atoms in total. The average Bonchev–Trinajstić information content (AvgIpc) is 3.04. The van der Waals surface area contributed by atoms with Gasteiger partial charge in [-0.05, 0) is 35.9 Å². The van der Waals surface area contributed by atoms with Crippen molar-refractivity contribution in [1.29, 1.82) is 0 Å². The minimum absolute atomic E-state index is 0.0602. The summed E-state index contributed by atoms with van der Waals surface area (Å²) in [5, 5.41) is 0. The molecule has 33 heavy (non-hydrogen) atoms. The van der Waals surface area contributed by atoms with Gasteiger partial charge in [0.2, 0.25) is 0 Å². The summed E-state index contributed by atoms with van der Waals surface area (Å²) in [6, 6.07) is 16.0. The highest BCUT2D eigenvalue weighted by Gasteiger charge is 2.33. The summed E-state index contributed by atoms with van der Waals surface area (Å²) < 4.78 is 64.2. The molecule has 0 radical (unpaired) electrons. The van der Waals surface area contributed by atoms with Crippen LogP contribution < -0.4 is 9.80 Å². The maximum absolute atomic E-state index is 12.8. The predicted molar refractivity (Wildman–Crippen MR) is 128 cm³/mol. The molecule has 1 aliphatic heterocycles. The fourth-order valence-electron chi connectivity index (χ4n) is 2.84. The van der Waals surface area contributed by atoms with Crippen LogP contribution in [0.3, 0.4) is 0 Å². The summed E-state index contributed by atoms with van der Waals surface area (Å²) in [4.78, 5) is 16.3. The number of alkyl halides is 3. The van der Waals surface area contributed by atoms with Crippen molar-refractivity contribution in [1.82, 2.24) is 0 Å². The number of carbonyl (C=O) groups excluding carboxylic acids is 1. The molecule has 0 aromatic heterocycles. The van der Waals surface area contributed by atoms with Gasteiger partial charge in [0.05, 0.1) is 16.3 Å². The monoisotopic (exact) mass is 516 g/mol. The molecule has 1 aliphatic rings. The lowest BCUT2D eigenvalue weighted by Crippen LogP contribution is -2.28. The fourth-order valence-corrected chi connectivity index (χ4v) is 5.06. The summed E-state index contributed by atoms with van der Waals surface area (Å²) in [5.41, 5.74) is 2.08. The van der Waals surface area contributed by atoms with Crippen molar-refractivity contribution in [2.75, 3.05) is 35.8 Å². The molecule has 0 N–H and O–H groups in total. The maximum atomic E-state index is 12.8. The van der Waals surface area contributed by atoms with Gasteiger partial charge in [-0.15, -0.1) is 0 Å². The molecule has 176 valence electrons. The molecule has 0 spiro atoms. The number of hydrogen-bond acceptors (Lipinski definition) is 7. The largest absolute Gasteiger partial charge is 0.413 e. The maximum Gasteiger partial charge on any atom is 0.413 e. The highest BCUT2D eigenvalue weighted by atomic mass is 32.2. The number of para-hydroxylation sites is 1. The van der Waals surface area contributed by atoms with E-state index in [2.05, 4.69) is 4.18 Å². The van der Waals surface area contributed by atoms with Gasteiger partial charge >= 0.3 is 6.18 Å². The van der Waals surface area contributed by atoms with E-state index in [1.54, 1.807) is 54.4 Å². The van der Waals surface area contributed by atoms with Crippen LogP contribution in [0.25, 0.3) is 6.08 Å². The molecular formula is C21H19F3N2O4S3. The lowest BCUT2D eigenvalue weighted by atomic mass is 10.1. The number of amides is 1. The van der Waals surface area contributed by atoms with Crippen molar-refractivity contribution in [2.45, 2.75) is 6.18 Å². The van der Waals surface area contributed by atoms with Crippen molar-refractivity contribution >= 4 is 61.8 Å². The van der Waals surface area contributed by atoms with E-state index in [0.717, 1.165) is 5.56 Å². The SMILES string of the molecule is CN(CCS(=O)(=O)OCC(F)(F)F)c1ccc(C=C2SC(=S)N(c3ccccc3)C2=O)cc1. The van der Waals surface area contributed by atoms with Gasteiger partial charge in [0, 0.05) is 19.3 Å². The Hall–Kier alpha value is -2.41. The molecule has 1 heterocycles. The summed E-state index contributed by atoms with van der Waals surface area (Å²) >= 11 is 6.54.